The van der Waals surface area contributed by atoms with E-state index in [-0.39, 0.29) is 69.3 Å². The van der Waals surface area contributed by atoms with E-state index in [1.54, 1.807) is 19.1 Å². The summed E-state index contributed by atoms with van der Waals surface area (Å²) < 4.78 is 48.1. The van der Waals surface area contributed by atoms with Crippen LogP contribution in [0.1, 0.15) is 78.4 Å². The van der Waals surface area contributed by atoms with Crippen molar-refractivity contribution in [2.24, 2.45) is 5.92 Å². The van der Waals surface area contributed by atoms with E-state index >= 15 is 0 Å². The predicted molar refractivity (Wildman–Crippen MR) is 151 cm³/mol. The average molecular weight is 577 g/mol. The number of benzene rings is 1. The molecule has 1 aromatic rings. The van der Waals surface area contributed by atoms with Gasteiger partial charge in [0.15, 0.2) is 0 Å². The minimum absolute atomic E-state index is 0. The molecule has 0 saturated heterocycles. The molecule has 8 heteroatoms. The molecule has 0 amide bonds. The Hall–Kier alpha value is -1.00. The Morgan fingerprint density at radius 1 is 1.23 bits per heavy atom. The summed E-state index contributed by atoms with van der Waals surface area (Å²) in [6.45, 7) is 22.4. The SMILES string of the molecule is C=C/C(COO)=C(C)/C=C(\C=C/CC(C)CC)c1c(OC(C[CH2-])C[CH2-])cccc1C(F)(F)F.CC.C[C-]=O.[K+]. The quantitative estimate of drug-likeness (QED) is 0.0969. The van der Waals surface area contributed by atoms with E-state index in [9.17, 15) is 13.2 Å². The monoisotopic (exact) mass is 576 g/mol. The maximum Gasteiger partial charge on any atom is 1.00 e. The summed E-state index contributed by atoms with van der Waals surface area (Å²) in [6.07, 6.45) is 5.61. The van der Waals surface area contributed by atoms with Crippen LogP contribution in [0.4, 0.5) is 13.2 Å². The van der Waals surface area contributed by atoms with E-state index in [2.05, 4.69) is 39.2 Å². The molecule has 1 atom stereocenters. The molecule has 1 unspecified atom stereocenters. The van der Waals surface area contributed by atoms with Gasteiger partial charge in [-0.05, 0) is 48.1 Å². The summed E-state index contributed by atoms with van der Waals surface area (Å²) >= 11 is 0. The first-order valence-electron chi connectivity index (χ1n) is 12.8. The third-order valence-corrected chi connectivity index (χ3v) is 5.44. The van der Waals surface area contributed by atoms with Crippen molar-refractivity contribution >= 4 is 11.9 Å². The molecule has 0 spiro atoms. The van der Waals surface area contributed by atoms with Gasteiger partial charge in [-0.25, -0.2) is 4.89 Å². The van der Waals surface area contributed by atoms with Crippen LogP contribution in [-0.2, 0) is 15.9 Å². The van der Waals surface area contributed by atoms with E-state index in [0.717, 1.165) is 18.9 Å². The molecule has 39 heavy (non-hydrogen) atoms. The summed E-state index contributed by atoms with van der Waals surface area (Å²) in [7, 11) is 0. The zero-order valence-electron chi connectivity index (χ0n) is 24.7. The van der Waals surface area contributed by atoms with Gasteiger partial charge in [0.2, 0.25) is 0 Å². The largest absolute Gasteiger partial charge is 1.00 e. The van der Waals surface area contributed by atoms with Gasteiger partial charge in [-0.1, -0.05) is 71.1 Å². The molecule has 1 N–H and O–H groups in total. The number of carbonyl (C=O) groups excluding carboxylic acids is 1. The van der Waals surface area contributed by atoms with Crippen molar-refractivity contribution in [3.8, 4) is 5.75 Å². The van der Waals surface area contributed by atoms with Crippen LogP contribution in [0.25, 0.3) is 5.57 Å². The molecule has 0 saturated carbocycles. The minimum Gasteiger partial charge on any atom is -0.542 e. The van der Waals surface area contributed by atoms with Gasteiger partial charge in [0.25, 0.3) is 0 Å². The van der Waals surface area contributed by atoms with Crippen LogP contribution in [0.15, 0.2) is 60.2 Å². The molecule has 0 aliphatic rings. The van der Waals surface area contributed by atoms with Crippen molar-refractivity contribution in [1.82, 2.24) is 0 Å². The molecule has 0 radical (unpaired) electrons. The second-order valence-electron chi connectivity index (χ2n) is 8.13. The fraction of sp³-hybridized carbons (Fsp3) is 0.452. The number of alkyl halides is 3. The van der Waals surface area contributed by atoms with Crippen molar-refractivity contribution in [2.75, 3.05) is 6.61 Å². The molecule has 0 heterocycles. The first-order valence-corrected chi connectivity index (χ1v) is 12.8. The Kier molecular flexibility index (Phi) is 27.0. The van der Waals surface area contributed by atoms with Crippen LogP contribution >= 0.6 is 0 Å². The summed E-state index contributed by atoms with van der Waals surface area (Å²) in [5.41, 5.74) is 0.646. The third-order valence-electron chi connectivity index (χ3n) is 5.44. The maximum absolute atomic E-state index is 14.1. The van der Waals surface area contributed by atoms with E-state index < -0.39 is 17.8 Å². The number of hydrogen-bond donors (Lipinski definition) is 1. The molecule has 0 aliphatic carbocycles. The third kappa shape index (κ3) is 16.8. The molecule has 216 valence electrons. The zero-order chi connectivity index (χ0) is 29.7. The molecular formula is C31H44F3KO4-2. The van der Waals surface area contributed by atoms with E-state index in [4.69, 9.17) is 14.8 Å². The van der Waals surface area contributed by atoms with Crippen LogP contribution in [-0.4, -0.2) is 24.3 Å². The van der Waals surface area contributed by atoms with E-state index in [1.807, 2.05) is 19.9 Å². The Morgan fingerprint density at radius 3 is 2.23 bits per heavy atom. The Balaban J connectivity index is -0.00000201. The van der Waals surface area contributed by atoms with Gasteiger partial charge in [0, 0.05) is 11.7 Å². The zero-order valence-corrected chi connectivity index (χ0v) is 27.8. The van der Waals surface area contributed by atoms with Gasteiger partial charge in [-0.15, -0.1) is 12.8 Å². The van der Waals surface area contributed by atoms with E-state index in [0.29, 0.717) is 35.5 Å². The van der Waals surface area contributed by atoms with Gasteiger partial charge < -0.3 is 23.4 Å². The topological polar surface area (TPSA) is 55.8 Å². The summed E-state index contributed by atoms with van der Waals surface area (Å²) in [6, 6.07) is 3.92. The van der Waals surface area contributed by atoms with Crippen molar-refractivity contribution in [1.29, 1.82) is 0 Å². The van der Waals surface area contributed by atoms with Crippen LogP contribution in [0.3, 0.4) is 0 Å². The van der Waals surface area contributed by atoms with Crippen LogP contribution < -0.4 is 56.1 Å². The molecule has 0 aliphatic heterocycles. The normalized spacial score (nSPS) is 12.8. The fourth-order valence-corrected chi connectivity index (χ4v) is 3.13. The second-order valence-corrected chi connectivity index (χ2v) is 8.13. The predicted octanol–water partition coefficient (Wildman–Crippen LogP) is 6.42. The van der Waals surface area contributed by atoms with Crippen LogP contribution in [0.5, 0.6) is 5.75 Å². The van der Waals surface area contributed by atoms with Crippen molar-refractivity contribution in [3.63, 3.8) is 0 Å². The molecule has 1 aromatic carbocycles. The van der Waals surface area contributed by atoms with Crippen molar-refractivity contribution in [2.45, 2.75) is 79.5 Å². The van der Waals surface area contributed by atoms with Gasteiger partial charge in [0.05, 0.1) is 5.56 Å². The van der Waals surface area contributed by atoms with Gasteiger partial charge >= 0.3 is 57.6 Å². The number of hydrogen-bond acceptors (Lipinski definition) is 4. The molecule has 0 fully saturated rings. The first-order chi connectivity index (χ1) is 18.0. The molecule has 1 rings (SSSR count). The van der Waals surface area contributed by atoms with Crippen molar-refractivity contribution < 1.29 is 84.2 Å². The smallest absolute Gasteiger partial charge is 0.542 e. The van der Waals surface area contributed by atoms with Gasteiger partial charge in [0.1, 0.15) is 12.4 Å². The number of rotatable bonds is 13. The standard InChI is InChI=1S/C27H35F3O3.C2H3O.C2H6.K/c1-7-19(5)13-11-14-22(17-20(6)21(8-2)18-32-31)26-24(27(28,29)30)15-12-16-25(26)33-23(9-3)10-4;1-2-3;1-2;/h8,11-12,14-17,19,23,31H,2-4,7,9-10,13,18H2,1,5-6H3;1H3;1-2H3;/q-2;-1;;+1/b14-11-,21-20-,22-17+;;;. The average Bonchev–Trinajstić information content (AvgIpc) is 2.90. The fourth-order valence-electron chi connectivity index (χ4n) is 3.13. The second kappa shape index (κ2) is 24.8. The molecular weight excluding hydrogens is 532 g/mol. The number of allylic oxidation sites excluding steroid dienone is 5. The van der Waals surface area contributed by atoms with E-state index in [1.165, 1.54) is 31.4 Å². The Morgan fingerprint density at radius 2 is 1.79 bits per heavy atom. The summed E-state index contributed by atoms with van der Waals surface area (Å²) in [5, 5.41) is 8.85. The van der Waals surface area contributed by atoms with Crippen LogP contribution in [0.2, 0.25) is 0 Å². The number of ether oxygens (including phenoxy) is 1. The molecule has 0 aromatic heterocycles. The van der Waals surface area contributed by atoms with Gasteiger partial charge in [-0.2, -0.15) is 20.1 Å². The molecule has 0 bridgehead atoms. The maximum atomic E-state index is 14.1. The Bertz CT molecular complexity index is 902. The molecule has 4 nitrogen and oxygen atoms in total. The van der Waals surface area contributed by atoms with Gasteiger partial charge in [-0.3, -0.25) is 11.5 Å². The first kappa shape index (κ1) is 42.5. The number of halogens is 3. The summed E-state index contributed by atoms with van der Waals surface area (Å²) in [4.78, 5) is 12.9. The van der Waals surface area contributed by atoms with Crippen molar-refractivity contribution in [3.05, 3.63) is 85.2 Å². The minimum atomic E-state index is -4.59. The van der Waals surface area contributed by atoms with Crippen LogP contribution in [0, 0.1) is 19.8 Å². The summed E-state index contributed by atoms with van der Waals surface area (Å²) in [5.74, 6) is 0.508. The Labute approximate surface area is 276 Å².